The Hall–Kier alpha value is -1.43. The highest BCUT2D eigenvalue weighted by atomic mass is 16.3. The van der Waals surface area contributed by atoms with E-state index < -0.39 is 5.60 Å². The number of aryl methyl sites for hydroxylation is 1. The molecule has 3 atom stereocenters. The van der Waals surface area contributed by atoms with Gasteiger partial charge >= 0.3 is 0 Å². The number of likely N-dealkylation sites (tertiary alicyclic amines) is 1. The highest BCUT2D eigenvalue weighted by molar-refractivity contribution is 5.92. The molecule has 2 fully saturated rings. The molecule has 1 aromatic heterocycles. The Balaban J connectivity index is 1.82. The van der Waals surface area contributed by atoms with Gasteiger partial charge in [-0.1, -0.05) is 18.1 Å². The van der Waals surface area contributed by atoms with Crippen molar-refractivity contribution in [1.29, 1.82) is 0 Å². The normalized spacial score (nSPS) is 33.4. The van der Waals surface area contributed by atoms with E-state index >= 15 is 0 Å². The molecule has 0 radical (unpaired) electrons. The van der Waals surface area contributed by atoms with Gasteiger partial charge in [0.05, 0.1) is 11.8 Å². The summed E-state index contributed by atoms with van der Waals surface area (Å²) < 4.78 is 1.52. The number of aliphatic hydroxyl groups is 1. The van der Waals surface area contributed by atoms with E-state index in [9.17, 15) is 9.90 Å². The van der Waals surface area contributed by atoms with Gasteiger partial charge in [0.15, 0.2) is 0 Å². The van der Waals surface area contributed by atoms with Crippen LogP contribution in [-0.4, -0.2) is 49.1 Å². The molecule has 6 nitrogen and oxygen atoms in total. The molecule has 21 heavy (non-hydrogen) atoms. The zero-order valence-electron chi connectivity index (χ0n) is 12.8. The summed E-state index contributed by atoms with van der Waals surface area (Å²) in [4.78, 5) is 14.7. The molecular formula is C15H24N4O2. The van der Waals surface area contributed by atoms with Crippen molar-refractivity contribution in [3.63, 3.8) is 0 Å². The third-order valence-corrected chi connectivity index (χ3v) is 5.20. The lowest BCUT2D eigenvalue weighted by molar-refractivity contribution is -0.0578. The fourth-order valence-electron chi connectivity index (χ4n) is 4.04. The molecule has 2 aliphatic rings. The molecule has 1 aromatic rings. The molecule has 1 saturated heterocycles. The number of hydrogen-bond acceptors (Lipinski definition) is 4. The third-order valence-electron chi connectivity index (χ3n) is 5.20. The van der Waals surface area contributed by atoms with E-state index in [2.05, 4.69) is 10.3 Å². The van der Waals surface area contributed by atoms with Crippen molar-refractivity contribution in [2.45, 2.75) is 57.1 Å². The van der Waals surface area contributed by atoms with Crippen LogP contribution in [0.5, 0.6) is 0 Å². The minimum atomic E-state index is -0.656. The maximum atomic E-state index is 12.7. The SMILES string of the molecule is Cn1nncc1C(=O)N1CCC[C@@H]1[C@@H]1CCCC[C@]1(C)O. The molecule has 0 bridgehead atoms. The Morgan fingerprint density at radius 2 is 2.19 bits per heavy atom. The third kappa shape index (κ3) is 2.57. The van der Waals surface area contributed by atoms with Gasteiger partial charge in [-0.3, -0.25) is 4.79 Å². The van der Waals surface area contributed by atoms with Gasteiger partial charge in [0.25, 0.3) is 5.91 Å². The van der Waals surface area contributed by atoms with E-state index in [4.69, 9.17) is 0 Å². The van der Waals surface area contributed by atoms with Gasteiger partial charge in [0.2, 0.25) is 0 Å². The van der Waals surface area contributed by atoms with E-state index in [1.807, 2.05) is 11.8 Å². The first kappa shape index (κ1) is 14.5. The molecule has 1 N–H and O–H groups in total. The first-order valence-corrected chi connectivity index (χ1v) is 7.89. The Bertz CT molecular complexity index is 525. The number of carbonyl (C=O) groups excluding carboxylic acids is 1. The Morgan fingerprint density at radius 1 is 1.38 bits per heavy atom. The van der Waals surface area contributed by atoms with Crippen LogP contribution in [0.2, 0.25) is 0 Å². The van der Waals surface area contributed by atoms with Gasteiger partial charge < -0.3 is 10.0 Å². The van der Waals surface area contributed by atoms with E-state index in [0.717, 1.165) is 45.1 Å². The van der Waals surface area contributed by atoms with Crippen LogP contribution in [0.25, 0.3) is 0 Å². The molecule has 1 saturated carbocycles. The standard InChI is InChI=1S/C15H24N4O2/c1-15(21)8-4-3-6-11(15)12-7-5-9-19(12)14(20)13-10-16-17-18(13)2/h10-12,21H,3-9H2,1-2H3/t11-,12+,15-/m0/s1. The van der Waals surface area contributed by atoms with Gasteiger partial charge in [-0.05, 0) is 32.6 Å². The van der Waals surface area contributed by atoms with Crippen LogP contribution in [0.3, 0.4) is 0 Å². The van der Waals surface area contributed by atoms with Crippen LogP contribution in [0.1, 0.15) is 55.9 Å². The number of carbonyl (C=O) groups is 1. The zero-order chi connectivity index (χ0) is 15.0. The van der Waals surface area contributed by atoms with Gasteiger partial charge in [-0.2, -0.15) is 0 Å². The summed E-state index contributed by atoms with van der Waals surface area (Å²) in [5.41, 5.74) is -0.131. The monoisotopic (exact) mass is 292 g/mol. The van der Waals surface area contributed by atoms with Crippen molar-refractivity contribution in [2.75, 3.05) is 6.54 Å². The molecule has 1 aliphatic heterocycles. The van der Waals surface area contributed by atoms with Crippen LogP contribution in [0.4, 0.5) is 0 Å². The van der Waals surface area contributed by atoms with Crippen LogP contribution in [0, 0.1) is 5.92 Å². The lowest BCUT2D eigenvalue weighted by atomic mass is 9.72. The topological polar surface area (TPSA) is 71.2 Å². The molecule has 116 valence electrons. The predicted molar refractivity (Wildman–Crippen MR) is 77.6 cm³/mol. The molecule has 0 spiro atoms. The maximum absolute atomic E-state index is 12.7. The summed E-state index contributed by atoms with van der Waals surface area (Å²) in [5, 5.41) is 18.4. The Kier molecular flexibility index (Phi) is 3.73. The van der Waals surface area contributed by atoms with Crippen molar-refractivity contribution in [3.05, 3.63) is 11.9 Å². The number of hydrogen-bond donors (Lipinski definition) is 1. The molecule has 3 rings (SSSR count). The molecule has 0 aromatic carbocycles. The summed E-state index contributed by atoms with van der Waals surface area (Å²) in [6.45, 7) is 2.70. The van der Waals surface area contributed by atoms with E-state index in [0.29, 0.717) is 5.69 Å². The van der Waals surface area contributed by atoms with E-state index in [-0.39, 0.29) is 17.9 Å². The van der Waals surface area contributed by atoms with Crippen molar-refractivity contribution in [3.8, 4) is 0 Å². The molecule has 0 unspecified atom stereocenters. The fourth-order valence-corrected chi connectivity index (χ4v) is 4.04. The van der Waals surface area contributed by atoms with Crippen LogP contribution in [-0.2, 0) is 7.05 Å². The lowest BCUT2D eigenvalue weighted by Crippen LogP contribution is -2.50. The summed E-state index contributed by atoms with van der Waals surface area (Å²) in [6, 6.07) is 0.141. The quantitative estimate of drug-likeness (QED) is 0.893. The lowest BCUT2D eigenvalue weighted by Gasteiger charge is -2.43. The van der Waals surface area contributed by atoms with Crippen LogP contribution >= 0.6 is 0 Å². The van der Waals surface area contributed by atoms with Crippen molar-refractivity contribution >= 4 is 5.91 Å². The largest absolute Gasteiger partial charge is 0.390 e. The average Bonchev–Trinajstić information content (AvgIpc) is 3.06. The molecule has 6 heteroatoms. The molecular weight excluding hydrogens is 268 g/mol. The number of rotatable bonds is 2. The molecule has 1 amide bonds. The van der Waals surface area contributed by atoms with Crippen molar-refractivity contribution in [1.82, 2.24) is 19.9 Å². The van der Waals surface area contributed by atoms with Crippen molar-refractivity contribution in [2.24, 2.45) is 13.0 Å². The number of aromatic nitrogens is 3. The van der Waals surface area contributed by atoms with E-state index in [1.165, 1.54) is 10.9 Å². The second-order valence-electron chi connectivity index (χ2n) is 6.66. The zero-order valence-corrected chi connectivity index (χ0v) is 12.8. The average molecular weight is 292 g/mol. The summed E-state index contributed by atoms with van der Waals surface area (Å²) in [6.07, 6.45) is 7.58. The Labute approximate surface area is 125 Å². The molecule has 1 aliphatic carbocycles. The Morgan fingerprint density at radius 3 is 2.86 bits per heavy atom. The fraction of sp³-hybridized carbons (Fsp3) is 0.800. The van der Waals surface area contributed by atoms with Crippen LogP contribution < -0.4 is 0 Å². The van der Waals surface area contributed by atoms with Gasteiger partial charge in [-0.25, -0.2) is 4.68 Å². The van der Waals surface area contributed by atoms with Crippen LogP contribution in [0.15, 0.2) is 6.20 Å². The van der Waals surface area contributed by atoms with Gasteiger partial charge in [-0.15, -0.1) is 5.10 Å². The predicted octanol–water partition coefficient (Wildman–Crippen LogP) is 1.36. The highest BCUT2D eigenvalue weighted by Gasteiger charge is 2.45. The van der Waals surface area contributed by atoms with Gasteiger partial charge in [0.1, 0.15) is 5.69 Å². The first-order valence-electron chi connectivity index (χ1n) is 7.89. The summed E-state index contributed by atoms with van der Waals surface area (Å²) >= 11 is 0. The van der Waals surface area contributed by atoms with E-state index in [1.54, 1.807) is 7.05 Å². The molecule has 2 heterocycles. The number of nitrogens with zero attached hydrogens (tertiary/aromatic N) is 4. The van der Waals surface area contributed by atoms with Gasteiger partial charge in [0, 0.05) is 25.6 Å². The maximum Gasteiger partial charge on any atom is 0.274 e. The highest BCUT2D eigenvalue weighted by Crippen LogP contribution is 2.40. The summed E-state index contributed by atoms with van der Waals surface area (Å²) in [5.74, 6) is 0.172. The minimum absolute atomic E-state index is 0.00799. The second kappa shape index (κ2) is 5.40. The smallest absolute Gasteiger partial charge is 0.274 e. The van der Waals surface area contributed by atoms with Crippen molar-refractivity contribution < 1.29 is 9.90 Å². The second-order valence-corrected chi connectivity index (χ2v) is 6.66. The number of amides is 1. The first-order chi connectivity index (χ1) is 10.0. The summed E-state index contributed by atoms with van der Waals surface area (Å²) in [7, 11) is 1.74. The minimum Gasteiger partial charge on any atom is -0.390 e.